The van der Waals surface area contributed by atoms with Gasteiger partial charge in [0.25, 0.3) is 0 Å². The average Bonchev–Trinajstić information content (AvgIpc) is 3.72. The second kappa shape index (κ2) is 11.6. The molecule has 4 aromatic rings. The van der Waals surface area contributed by atoms with Crippen LogP contribution in [0.1, 0.15) is 28.2 Å². The summed E-state index contributed by atoms with van der Waals surface area (Å²) in [5.41, 5.74) is 4.02. The molecule has 0 saturated carbocycles. The van der Waals surface area contributed by atoms with Gasteiger partial charge in [0.05, 0.1) is 0 Å². The number of halogens is 1. The standard InChI is InChI=1S/C32H33ClN8O4S/c1-38(2)31-34-27(33)25-24(19-6-8-21-23(14-19)45-17-43-21)26-28(35-32(39(3)4)37-30(26)46-29(25)36-31)41-11-9-40(10-12-41)15-18-5-7-20-22(13-18)44-16-42-20/h5-8,13-14,24H,9-12,15-17H2,1-4H3. The molecule has 238 valence electrons. The van der Waals surface area contributed by atoms with Crippen molar-refractivity contribution in [2.24, 2.45) is 0 Å². The fraction of sp³-hybridized carbons (Fsp3) is 0.375. The van der Waals surface area contributed by atoms with E-state index in [1.54, 1.807) is 0 Å². The van der Waals surface area contributed by atoms with Crippen LogP contribution in [-0.4, -0.2) is 92.8 Å². The molecule has 1 unspecified atom stereocenters. The molecule has 2 aromatic carbocycles. The lowest BCUT2D eigenvalue weighted by molar-refractivity contribution is 0.173. The number of rotatable bonds is 6. The van der Waals surface area contributed by atoms with Crippen LogP contribution in [0.3, 0.4) is 0 Å². The Morgan fingerprint density at radius 1 is 0.739 bits per heavy atom. The highest BCUT2D eigenvalue weighted by Gasteiger charge is 2.39. The molecule has 1 saturated heterocycles. The Labute approximate surface area is 276 Å². The maximum absolute atomic E-state index is 7.04. The summed E-state index contributed by atoms with van der Waals surface area (Å²) in [4.78, 5) is 28.5. The first-order chi connectivity index (χ1) is 22.3. The van der Waals surface area contributed by atoms with Gasteiger partial charge in [-0.05, 0) is 47.2 Å². The van der Waals surface area contributed by atoms with E-state index in [1.807, 2.05) is 56.2 Å². The van der Waals surface area contributed by atoms with Crippen molar-refractivity contribution in [3.8, 4) is 23.0 Å². The number of piperazine rings is 1. The molecule has 0 spiro atoms. The molecule has 46 heavy (non-hydrogen) atoms. The summed E-state index contributed by atoms with van der Waals surface area (Å²) < 4.78 is 22.5. The van der Waals surface area contributed by atoms with E-state index < -0.39 is 0 Å². The van der Waals surface area contributed by atoms with Gasteiger partial charge in [-0.15, -0.1) is 0 Å². The predicted octanol–water partition coefficient (Wildman–Crippen LogP) is 4.48. The van der Waals surface area contributed by atoms with Crippen LogP contribution >= 0.6 is 23.4 Å². The van der Waals surface area contributed by atoms with E-state index in [1.165, 1.54) is 17.3 Å². The van der Waals surface area contributed by atoms with E-state index in [0.717, 1.165) is 82.5 Å². The van der Waals surface area contributed by atoms with Crippen LogP contribution in [0.2, 0.25) is 5.15 Å². The first-order valence-corrected chi connectivity index (χ1v) is 16.3. The van der Waals surface area contributed by atoms with Gasteiger partial charge in [0.2, 0.25) is 25.5 Å². The molecule has 8 rings (SSSR count). The summed E-state index contributed by atoms with van der Waals surface area (Å²) in [7, 11) is 7.75. The van der Waals surface area contributed by atoms with Crippen molar-refractivity contribution >= 4 is 41.1 Å². The molecule has 0 radical (unpaired) electrons. The van der Waals surface area contributed by atoms with E-state index in [2.05, 4.69) is 28.0 Å². The van der Waals surface area contributed by atoms with Crippen LogP contribution in [-0.2, 0) is 6.54 Å². The largest absolute Gasteiger partial charge is 0.454 e. The summed E-state index contributed by atoms with van der Waals surface area (Å²) in [6, 6.07) is 12.2. The molecule has 6 heterocycles. The first-order valence-electron chi connectivity index (χ1n) is 15.1. The summed E-state index contributed by atoms with van der Waals surface area (Å²) >= 11 is 8.56. The van der Waals surface area contributed by atoms with Gasteiger partial charge < -0.3 is 33.6 Å². The molecule has 1 fully saturated rings. The lowest BCUT2D eigenvalue weighted by atomic mass is 9.86. The Bertz CT molecular complexity index is 1830. The molecular weight excluding hydrogens is 628 g/mol. The summed E-state index contributed by atoms with van der Waals surface area (Å²) in [5, 5.41) is 2.04. The molecule has 0 aliphatic carbocycles. The van der Waals surface area contributed by atoms with Gasteiger partial charge in [-0.2, -0.15) is 4.98 Å². The van der Waals surface area contributed by atoms with Crippen LogP contribution in [0.15, 0.2) is 46.5 Å². The number of ether oxygens (including phenoxy) is 4. The molecule has 1 atom stereocenters. The van der Waals surface area contributed by atoms with Crippen LogP contribution in [0.5, 0.6) is 23.0 Å². The Balaban J connectivity index is 1.18. The highest BCUT2D eigenvalue weighted by molar-refractivity contribution is 7.99. The SMILES string of the molecule is CN(C)c1nc(Cl)c2c(n1)Sc1nc(N(C)C)nc(N3CCN(Cc4ccc5c(c4)OCO5)CC3)c1C2c1ccc2c(c1)OCO2. The van der Waals surface area contributed by atoms with Gasteiger partial charge in [0, 0.05) is 78.0 Å². The number of benzene rings is 2. The van der Waals surface area contributed by atoms with E-state index >= 15 is 0 Å². The van der Waals surface area contributed by atoms with Crippen molar-refractivity contribution in [3.05, 3.63) is 63.8 Å². The van der Waals surface area contributed by atoms with E-state index in [9.17, 15) is 0 Å². The quantitative estimate of drug-likeness (QED) is 0.240. The van der Waals surface area contributed by atoms with Crippen molar-refractivity contribution < 1.29 is 18.9 Å². The minimum Gasteiger partial charge on any atom is -0.454 e. The summed E-state index contributed by atoms with van der Waals surface area (Å²) in [6.45, 7) is 4.66. The third-order valence-electron chi connectivity index (χ3n) is 8.55. The Morgan fingerprint density at radius 2 is 1.35 bits per heavy atom. The minimum atomic E-state index is -0.317. The van der Waals surface area contributed by atoms with Crippen molar-refractivity contribution in [1.29, 1.82) is 0 Å². The van der Waals surface area contributed by atoms with Crippen molar-refractivity contribution in [3.63, 3.8) is 0 Å². The van der Waals surface area contributed by atoms with Gasteiger partial charge in [0.1, 0.15) is 21.0 Å². The second-order valence-corrected chi connectivity index (χ2v) is 13.3. The normalized spacial score (nSPS) is 17.9. The molecule has 2 aromatic heterocycles. The third kappa shape index (κ3) is 5.16. The fourth-order valence-corrected chi connectivity index (χ4v) is 7.62. The number of anilines is 3. The fourth-order valence-electron chi connectivity index (χ4n) is 6.21. The maximum Gasteiger partial charge on any atom is 0.231 e. The van der Waals surface area contributed by atoms with Gasteiger partial charge in [-0.1, -0.05) is 23.7 Å². The Kier molecular flexibility index (Phi) is 7.34. The van der Waals surface area contributed by atoms with Gasteiger partial charge >= 0.3 is 0 Å². The van der Waals surface area contributed by atoms with E-state index in [-0.39, 0.29) is 19.5 Å². The summed E-state index contributed by atoms with van der Waals surface area (Å²) in [5.74, 6) is 4.80. The molecule has 12 nitrogen and oxygen atoms in total. The molecule has 0 amide bonds. The lowest BCUT2D eigenvalue weighted by Crippen LogP contribution is -2.47. The molecular formula is C32H33ClN8O4S. The maximum atomic E-state index is 7.04. The predicted molar refractivity (Wildman–Crippen MR) is 175 cm³/mol. The van der Waals surface area contributed by atoms with Gasteiger partial charge in [-0.3, -0.25) is 4.90 Å². The first kappa shape index (κ1) is 29.2. The highest BCUT2D eigenvalue weighted by Crippen LogP contribution is 2.53. The van der Waals surface area contributed by atoms with Gasteiger partial charge in [-0.25, -0.2) is 15.0 Å². The van der Waals surface area contributed by atoms with Crippen LogP contribution in [0.25, 0.3) is 0 Å². The molecule has 14 heteroatoms. The number of aromatic nitrogens is 4. The topological polar surface area (TPSA) is 101 Å². The zero-order valence-corrected chi connectivity index (χ0v) is 27.6. The number of fused-ring (bicyclic) bond motifs is 4. The minimum absolute atomic E-state index is 0.194. The Hall–Kier alpha value is -4.20. The molecule has 0 bridgehead atoms. The van der Waals surface area contributed by atoms with Crippen molar-refractivity contribution in [2.75, 3.05) is 82.7 Å². The zero-order valence-electron chi connectivity index (χ0n) is 26.0. The van der Waals surface area contributed by atoms with E-state index in [0.29, 0.717) is 22.8 Å². The van der Waals surface area contributed by atoms with Crippen molar-refractivity contribution in [2.45, 2.75) is 22.5 Å². The van der Waals surface area contributed by atoms with Crippen LogP contribution in [0, 0.1) is 0 Å². The third-order valence-corrected chi connectivity index (χ3v) is 9.84. The van der Waals surface area contributed by atoms with E-state index in [4.69, 9.17) is 50.5 Å². The summed E-state index contributed by atoms with van der Waals surface area (Å²) in [6.07, 6.45) is 0. The van der Waals surface area contributed by atoms with Crippen molar-refractivity contribution in [1.82, 2.24) is 24.8 Å². The number of hydrogen-bond donors (Lipinski definition) is 0. The lowest BCUT2D eigenvalue weighted by Gasteiger charge is -2.38. The molecule has 4 aliphatic heterocycles. The number of hydrogen-bond acceptors (Lipinski definition) is 13. The van der Waals surface area contributed by atoms with Crippen LogP contribution < -0.4 is 33.6 Å². The smallest absolute Gasteiger partial charge is 0.231 e. The zero-order chi connectivity index (χ0) is 31.5. The Morgan fingerprint density at radius 3 is 2.04 bits per heavy atom. The average molecular weight is 661 g/mol. The molecule has 0 N–H and O–H groups in total. The van der Waals surface area contributed by atoms with Gasteiger partial charge in [0.15, 0.2) is 23.0 Å². The number of nitrogens with zero attached hydrogens (tertiary/aromatic N) is 8. The molecule has 4 aliphatic rings. The van der Waals surface area contributed by atoms with Crippen LogP contribution in [0.4, 0.5) is 17.7 Å². The monoisotopic (exact) mass is 660 g/mol. The second-order valence-electron chi connectivity index (χ2n) is 12.0. The highest BCUT2D eigenvalue weighted by atomic mass is 35.5.